The average molecular weight is 320 g/mol. The van der Waals surface area contributed by atoms with E-state index < -0.39 is 0 Å². The molecule has 0 aliphatic rings. The first-order valence-corrected chi connectivity index (χ1v) is 7.13. The summed E-state index contributed by atoms with van der Waals surface area (Å²) in [6.45, 7) is 3.93. The van der Waals surface area contributed by atoms with Gasteiger partial charge in [0, 0.05) is 11.1 Å². The molecule has 4 nitrogen and oxygen atoms in total. The van der Waals surface area contributed by atoms with Crippen LogP contribution in [0.15, 0.2) is 55.1 Å². The van der Waals surface area contributed by atoms with Crippen molar-refractivity contribution in [1.29, 1.82) is 0 Å². The Morgan fingerprint density at radius 1 is 0.792 bits per heavy atom. The topological polar surface area (TPSA) is 52.6 Å². The number of carbonyl (C=O) groups excluding carboxylic acids is 2. The van der Waals surface area contributed by atoms with E-state index in [2.05, 4.69) is 27.9 Å². The molecule has 2 aromatic rings. The quantitative estimate of drug-likeness (QED) is 0.643. The molecule has 0 atom stereocenters. The van der Waals surface area contributed by atoms with Gasteiger partial charge in [0.1, 0.15) is 0 Å². The van der Waals surface area contributed by atoms with E-state index in [1.807, 2.05) is 0 Å². The molecule has 0 heterocycles. The lowest BCUT2D eigenvalue weighted by molar-refractivity contribution is 0.0592. The van der Waals surface area contributed by atoms with E-state index in [0.717, 1.165) is 11.1 Å². The fourth-order valence-corrected chi connectivity index (χ4v) is 1.95. The number of allylic oxidation sites excluding steroid dienone is 1. The van der Waals surface area contributed by atoms with Gasteiger partial charge in [-0.2, -0.15) is 0 Å². The van der Waals surface area contributed by atoms with Crippen LogP contribution in [0.1, 0.15) is 31.8 Å². The number of rotatable bonds is 3. The largest absolute Gasteiger partial charge is 0.465 e. The van der Waals surface area contributed by atoms with Crippen LogP contribution < -0.4 is 0 Å². The third-order valence-corrected chi connectivity index (χ3v) is 3.32. The Labute approximate surface area is 140 Å². The van der Waals surface area contributed by atoms with Crippen LogP contribution in [0.2, 0.25) is 0 Å². The van der Waals surface area contributed by atoms with Crippen LogP contribution in [0.25, 0.3) is 5.57 Å². The van der Waals surface area contributed by atoms with Gasteiger partial charge in [0.15, 0.2) is 0 Å². The minimum Gasteiger partial charge on any atom is -0.465 e. The van der Waals surface area contributed by atoms with Crippen molar-refractivity contribution in [1.82, 2.24) is 0 Å². The average Bonchev–Trinajstić information content (AvgIpc) is 2.65. The van der Waals surface area contributed by atoms with Crippen molar-refractivity contribution in [2.75, 3.05) is 14.2 Å². The zero-order valence-corrected chi connectivity index (χ0v) is 13.5. The Bertz CT molecular complexity index is 819. The summed E-state index contributed by atoms with van der Waals surface area (Å²) in [5.41, 5.74) is 3.15. The van der Waals surface area contributed by atoms with Crippen molar-refractivity contribution in [3.8, 4) is 11.8 Å². The number of carbonyl (C=O) groups is 2. The van der Waals surface area contributed by atoms with Gasteiger partial charge in [-0.15, -0.1) is 0 Å². The Morgan fingerprint density at radius 2 is 1.21 bits per heavy atom. The van der Waals surface area contributed by atoms with Gasteiger partial charge in [0.2, 0.25) is 0 Å². The molecule has 4 heteroatoms. The summed E-state index contributed by atoms with van der Waals surface area (Å²) in [5, 5.41) is 0. The van der Waals surface area contributed by atoms with Crippen LogP contribution in [0.3, 0.4) is 0 Å². The van der Waals surface area contributed by atoms with E-state index in [1.54, 1.807) is 48.5 Å². The van der Waals surface area contributed by atoms with E-state index in [9.17, 15) is 9.59 Å². The van der Waals surface area contributed by atoms with Crippen molar-refractivity contribution in [3.63, 3.8) is 0 Å². The van der Waals surface area contributed by atoms with Crippen LogP contribution in [0.4, 0.5) is 0 Å². The second kappa shape index (κ2) is 7.80. The summed E-state index contributed by atoms with van der Waals surface area (Å²) >= 11 is 0. The van der Waals surface area contributed by atoms with Crippen LogP contribution in [-0.2, 0) is 9.47 Å². The lowest BCUT2D eigenvalue weighted by atomic mass is 10.0. The maximum Gasteiger partial charge on any atom is 0.337 e. The maximum absolute atomic E-state index is 11.4. The summed E-state index contributed by atoms with van der Waals surface area (Å²) in [6.07, 6.45) is 0. The van der Waals surface area contributed by atoms with E-state index in [-0.39, 0.29) is 11.9 Å². The molecule has 0 N–H and O–H groups in total. The normalized spacial score (nSPS) is 9.42. The summed E-state index contributed by atoms with van der Waals surface area (Å²) in [4.78, 5) is 22.8. The summed E-state index contributed by atoms with van der Waals surface area (Å²) in [5.74, 6) is 5.18. The van der Waals surface area contributed by atoms with Crippen LogP contribution in [-0.4, -0.2) is 26.2 Å². The summed E-state index contributed by atoms with van der Waals surface area (Å²) in [7, 11) is 2.68. The van der Waals surface area contributed by atoms with Gasteiger partial charge in [0.25, 0.3) is 0 Å². The van der Waals surface area contributed by atoms with Gasteiger partial charge in [0.05, 0.1) is 25.3 Å². The second-order valence-corrected chi connectivity index (χ2v) is 4.87. The highest BCUT2D eigenvalue weighted by Crippen LogP contribution is 2.14. The van der Waals surface area contributed by atoms with E-state index >= 15 is 0 Å². The molecule has 0 aliphatic carbocycles. The number of methoxy groups -OCH3 is 2. The van der Waals surface area contributed by atoms with Crippen molar-refractivity contribution in [2.45, 2.75) is 0 Å². The van der Waals surface area contributed by atoms with Gasteiger partial charge in [-0.25, -0.2) is 9.59 Å². The van der Waals surface area contributed by atoms with Crippen LogP contribution in [0.5, 0.6) is 0 Å². The molecule has 0 fully saturated rings. The van der Waals surface area contributed by atoms with Crippen molar-refractivity contribution >= 4 is 17.5 Å². The Hall–Kier alpha value is -3.32. The molecule has 24 heavy (non-hydrogen) atoms. The number of benzene rings is 2. The molecule has 0 saturated heterocycles. The number of esters is 2. The standard InChI is InChI=1S/C20H16O4/c1-14(16-10-12-18(13-11-16)20(22)24-3)4-5-15-6-8-17(9-7-15)19(21)23-2/h6-13H,1H2,2-3H3. The molecule has 0 spiro atoms. The molecule has 0 aromatic heterocycles. The molecular formula is C20H16O4. The first-order chi connectivity index (χ1) is 11.5. The monoisotopic (exact) mass is 320 g/mol. The smallest absolute Gasteiger partial charge is 0.337 e. The number of ether oxygens (including phenoxy) is 2. The Kier molecular flexibility index (Phi) is 5.54. The summed E-state index contributed by atoms with van der Waals surface area (Å²) in [6, 6.07) is 13.7. The predicted octanol–water partition coefficient (Wildman–Crippen LogP) is 3.32. The minimum absolute atomic E-state index is 0.385. The molecule has 0 saturated carbocycles. The predicted molar refractivity (Wildman–Crippen MR) is 91.5 cm³/mol. The molecule has 0 radical (unpaired) electrons. The number of hydrogen-bond acceptors (Lipinski definition) is 4. The highest BCUT2D eigenvalue weighted by Gasteiger charge is 2.05. The fraction of sp³-hybridized carbons (Fsp3) is 0.100. The lowest BCUT2D eigenvalue weighted by Crippen LogP contribution is -2.00. The highest BCUT2D eigenvalue weighted by atomic mass is 16.5. The SMILES string of the molecule is C=C(C#Cc1ccc(C(=O)OC)cc1)c1ccc(C(=O)OC)cc1. The molecule has 0 aliphatic heterocycles. The van der Waals surface area contributed by atoms with Gasteiger partial charge in [-0.1, -0.05) is 30.6 Å². The lowest BCUT2D eigenvalue weighted by Gasteiger charge is -2.01. The molecule has 2 rings (SSSR count). The molecule has 2 aromatic carbocycles. The van der Waals surface area contributed by atoms with Crippen LogP contribution in [0, 0.1) is 11.8 Å². The van der Waals surface area contributed by atoms with Gasteiger partial charge >= 0.3 is 11.9 Å². The first kappa shape index (κ1) is 17.0. The van der Waals surface area contributed by atoms with Crippen molar-refractivity contribution in [3.05, 3.63) is 77.4 Å². The highest BCUT2D eigenvalue weighted by molar-refractivity contribution is 5.90. The fourth-order valence-electron chi connectivity index (χ4n) is 1.95. The molecular weight excluding hydrogens is 304 g/mol. The van der Waals surface area contributed by atoms with Crippen LogP contribution >= 0.6 is 0 Å². The summed E-state index contributed by atoms with van der Waals surface area (Å²) < 4.78 is 9.30. The first-order valence-electron chi connectivity index (χ1n) is 7.13. The second-order valence-electron chi connectivity index (χ2n) is 4.87. The number of hydrogen-bond donors (Lipinski definition) is 0. The Morgan fingerprint density at radius 3 is 1.67 bits per heavy atom. The zero-order chi connectivity index (χ0) is 17.5. The third kappa shape index (κ3) is 4.11. The Balaban J connectivity index is 2.11. The maximum atomic E-state index is 11.4. The van der Waals surface area contributed by atoms with E-state index in [4.69, 9.17) is 0 Å². The third-order valence-electron chi connectivity index (χ3n) is 3.32. The molecule has 0 amide bonds. The van der Waals surface area contributed by atoms with Crippen molar-refractivity contribution < 1.29 is 19.1 Å². The molecule has 0 unspecified atom stereocenters. The van der Waals surface area contributed by atoms with E-state index in [1.165, 1.54) is 14.2 Å². The minimum atomic E-state index is -0.385. The molecule has 0 bridgehead atoms. The molecule has 120 valence electrons. The van der Waals surface area contributed by atoms with Gasteiger partial charge in [-0.3, -0.25) is 0 Å². The van der Waals surface area contributed by atoms with Gasteiger partial charge < -0.3 is 9.47 Å². The van der Waals surface area contributed by atoms with Gasteiger partial charge in [-0.05, 0) is 42.0 Å². The van der Waals surface area contributed by atoms with E-state index in [0.29, 0.717) is 16.7 Å². The van der Waals surface area contributed by atoms with Crippen molar-refractivity contribution in [2.24, 2.45) is 0 Å². The zero-order valence-electron chi connectivity index (χ0n) is 13.5.